The van der Waals surface area contributed by atoms with E-state index in [1.54, 1.807) is 6.07 Å². The molecule has 1 atom stereocenters. The zero-order valence-corrected chi connectivity index (χ0v) is 11.9. The zero-order valence-electron chi connectivity index (χ0n) is 11.1. The molecule has 5 heteroatoms. The first-order valence-electron chi connectivity index (χ1n) is 6.59. The molecule has 102 valence electrons. The lowest BCUT2D eigenvalue weighted by Gasteiger charge is -2.32. The normalized spacial score (nSPS) is 17.4. The SMILES string of the molecule is COc1cc2c(cc1F)[nH]c(=S)n2C(C)C1CCC1. The van der Waals surface area contributed by atoms with E-state index in [0.717, 1.165) is 11.0 Å². The highest BCUT2D eigenvalue weighted by atomic mass is 32.1. The lowest BCUT2D eigenvalue weighted by atomic mass is 9.80. The molecule has 0 aliphatic heterocycles. The number of halogens is 1. The summed E-state index contributed by atoms with van der Waals surface area (Å²) in [4.78, 5) is 3.09. The first-order chi connectivity index (χ1) is 9.11. The van der Waals surface area contributed by atoms with Gasteiger partial charge >= 0.3 is 0 Å². The number of methoxy groups -OCH3 is 1. The monoisotopic (exact) mass is 280 g/mol. The molecule has 1 aliphatic rings. The summed E-state index contributed by atoms with van der Waals surface area (Å²) >= 11 is 5.39. The lowest BCUT2D eigenvalue weighted by Crippen LogP contribution is -2.22. The van der Waals surface area contributed by atoms with Crippen LogP contribution in [0, 0.1) is 16.5 Å². The van der Waals surface area contributed by atoms with Gasteiger partial charge in [-0.3, -0.25) is 0 Å². The van der Waals surface area contributed by atoms with E-state index >= 15 is 0 Å². The summed E-state index contributed by atoms with van der Waals surface area (Å²) in [5.41, 5.74) is 1.65. The van der Waals surface area contributed by atoms with Crippen molar-refractivity contribution in [2.45, 2.75) is 32.2 Å². The van der Waals surface area contributed by atoms with Gasteiger partial charge in [0.1, 0.15) is 0 Å². The Labute approximate surface area is 116 Å². The molecular weight excluding hydrogens is 263 g/mol. The van der Waals surface area contributed by atoms with Crippen molar-refractivity contribution in [3.05, 3.63) is 22.7 Å². The number of ether oxygens (including phenoxy) is 1. The number of hydrogen-bond donors (Lipinski definition) is 1. The first-order valence-corrected chi connectivity index (χ1v) is 7.00. The highest BCUT2D eigenvalue weighted by molar-refractivity contribution is 7.71. The van der Waals surface area contributed by atoms with Crippen LogP contribution in [0.25, 0.3) is 11.0 Å². The van der Waals surface area contributed by atoms with E-state index in [0.29, 0.717) is 16.7 Å². The molecule has 0 amide bonds. The number of benzene rings is 1. The summed E-state index contributed by atoms with van der Waals surface area (Å²) in [6.45, 7) is 2.18. The molecular formula is C14H17FN2OS. The van der Waals surface area contributed by atoms with Gasteiger partial charge in [-0.25, -0.2) is 4.39 Å². The maximum atomic E-state index is 13.7. The molecule has 1 aromatic heterocycles. The minimum absolute atomic E-state index is 0.260. The van der Waals surface area contributed by atoms with Gasteiger partial charge in [-0.1, -0.05) is 6.42 Å². The fourth-order valence-electron chi connectivity index (χ4n) is 2.82. The van der Waals surface area contributed by atoms with Gasteiger partial charge < -0.3 is 14.3 Å². The van der Waals surface area contributed by atoms with Gasteiger partial charge in [0.2, 0.25) is 0 Å². The third-order valence-corrected chi connectivity index (χ3v) is 4.53. The molecule has 0 bridgehead atoms. The van der Waals surface area contributed by atoms with Crippen LogP contribution < -0.4 is 4.74 Å². The van der Waals surface area contributed by atoms with Gasteiger partial charge in [-0.2, -0.15) is 0 Å². The van der Waals surface area contributed by atoms with Crippen LogP contribution in [0.4, 0.5) is 4.39 Å². The summed E-state index contributed by atoms with van der Waals surface area (Å²) in [7, 11) is 1.48. The predicted molar refractivity (Wildman–Crippen MR) is 75.7 cm³/mol. The number of nitrogens with zero attached hydrogens (tertiary/aromatic N) is 1. The Kier molecular flexibility index (Phi) is 3.09. The smallest absolute Gasteiger partial charge is 0.178 e. The maximum absolute atomic E-state index is 13.7. The van der Waals surface area contributed by atoms with Crippen LogP contribution in [0.5, 0.6) is 5.75 Å². The molecule has 1 N–H and O–H groups in total. The number of hydrogen-bond acceptors (Lipinski definition) is 2. The van der Waals surface area contributed by atoms with Crippen LogP contribution in [-0.2, 0) is 0 Å². The third-order valence-electron chi connectivity index (χ3n) is 4.23. The van der Waals surface area contributed by atoms with Gasteiger partial charge in [0.05, 0.1) is 18.1 Å². The van der Waals surface area contributed by atoms with Crippen molar-refractivity contribution in [3.63, 3.8) is 0 Å². The number of aromatic amines is 1. The average molecular weight is 280 g/mol. The number of imidazole rings is 1. The van der Waals surface area contributed by atoms with Crippen molar-refractivity contribution >= 4 is 23.3 Å². The number of nitrogens with one attached hydrogen (secondary N) is 1. The number of rotatable bonds is 3. The van der Waals surface area contributed by atoms with Crippen molar-refractivity contribution in [2.75, 3.05) is 7.11 Å². The van der Waals surface area contributed by atoms with E-state index in [2.05, 4.69) is 16.5 Å². The van der Waals surface area contributed by atoms with E-state index in [9.17, 15) is 4.39 Å². The van der Waals surface area contributed by atoms with E-state index in [-0.39, 0.29) is 11.6 Å². The maximum Gasteiger partial charge on any atom is 0.178 e. The van der Waals surface area contributed by atoms with Crippen LogP contribution in [-0.4, -0.2) is 16.7 Å². The molecule has 1 aliphatic carbocycles. The summed E-state index contributed by atoms with van der Waals surface area (Å²) in [5.74, 6) is 0.563. The average Bonchev–Trinajstić information content (AvgIpc) is 2.60. The Hall–Kier alpha value is -1.36. The van der Waals surface area contributed by atoms with E-state index in [1.165, 1.54) is 32.4 Å². The number of H-pyrrole nitrogens is 1. The molecule has 0 spiro atoms. The zero-order chi connectivity index (χ0) is 13.6. The lowest BCUT2D eigenvalue weighted by molar-refractivity contribution is 0.224. The van der Waals surface area contributed by atoms with Gasteiger partial charge in [0.15, 0.2) is 16.3 Å². The summed E-state index contributed by atoms with van der Waals surface area (Å²) < 4.78 is 21.5. The van der Waals surface area contributed by atoms with Crippen LogP contribution in [0.2, 0.25) is 0 Å². The van der Waals surface area contributed by atoms with Crippen LogP contribution in [0.3, 0.4) is 0 Å². The molecule has 0 radical (unpaired) electrons. The summed E-state index contributed by atoms with van der Waals surface area (Å²) in [6, 6.07) is 3.52. The molecule has 19 heavy (non-hydrogen) atoms. The quantitative estimate of drug-likeness (QED) is 0.854. The second-order valence-corrected chi connectivity index (χ2v) is 5.62. The van der Waals surface area contributed by atoms with Gasteiger partial charge in [-0.15, -0.1) is 0 Å². The predicted octanol–water partition coefficient (Wildman–Crippen LogP) is 4.21. The summed E-state index contributed by atoms with van der Waals surface area (Å²) in [5, 5.41) is 0. The Balaban J connectivity index is 2.17. The summed E-state index contributed by atoms with van der Waals surface area (Å²) in [6.07, 6.45) is 3.78. The fraction of sp³-hybridized carbons (Fsp3) is 0.500. The third kappa shape index (κ3) is 1.96. The minimum Gasteiger partial charge on any atom is -0.494 e. The highest BCUT2D eigenvalue weighted by Gasteiger charge is 2.27. The topological polar surface area (TPSA) is 29.9 Å². The van der Waals surface area contributed by atoms with Crippen LogP contribution in [0.1, 0.15) is 32.2 Å². The molecule has 2 aromatic rings. The molecule has 1 fully saturated rings. The molecule has 3 rings (SSSR count). The Morgan fingerprint density at radius 1 is 1.47 bits per heavy atom. The van der Waals surface area contributed by atoms with E-state index in [4.69, 9.17) is 17.0 Å². The van der Waals surface area contributed by atoms with Gasteiger partial charge in [0, 0.05) is 18.2 Å². The second-order valence-electron chi connectivity index (χ2n) is 5.24. The molecule has 3 nitrogen and oxygen atoms in total. The van der Waals surface area contributed by atoms with Crippen molar-refractivity contribution in [3.8, 4) is 5.75 Å². The molecule has 1 heterocycles. The second kappa shape index (κ2) is 4.63. The Morgan fingerprint density at radius 2 is 2.21 bits per heavy atom. The molecule has 1 aromatic carbocycles. The fourth-order valence-corrected chi connectivity index (χ4v) is 3.20. The van der Waals surface area contributed by atoms with Crippen molar-refractivity contribution in [2.24, 2.45) is 5.92 Å². The molecule has 1 unspecified atom stereocenters. The largest absolute Gasteiger partial charge is 0.494 e. The number of fused-ring (bicyclic) bond motifs is 1. The van der Waals surface area contributed by atoms with Gasteiger partial charge in [0.25, 0.3) is 0 Å². The standard InChI is InChI=1S/C14H17FN2OS/c1-8(9-4-3-5-9)17-12-7-13(18-2)10(15)6-11(12)16-14(17)19/h6-9H,3-5H2,1-2H3,(H,16,19). The Morgan fingerprint density at radius 3 is 2.79 bits per heavy atom. The highest BCUT2D eigenvalue weighted by Crippen LogP contribution is 2.38. The minimum atomic E-state index is -0.366. The first kappa shape index (κ1) is 12.7. The van der Waals surface area contributed by atoms with Crippen LogP contribution >= 0.6 is 12.2 Å². The molecule has 0 saturated heterocycles. The van der Waals surface area contributed by atoms with Crippen LogP contribution in [0.15, 0.2) is 12.1 Å². The van der Waals surface area contributed by atoms with E-state index in [1.807, 2.05) is 0 Å². The van der Waals surface area contributed by atoms with Gasteiger partial charge in [-0.05, 0) is 37.9 Å². The van der Waals surface area contributed by atoms with Crippen molar-refractivity contribution in [1.29, 1.82) is 0 Å². The molecule has 1 saturated carbocycles. The van der Waals surface area contributed by atoms with Crippen molar-refractivity contribution in [1.82, 2.24) is 9.55 Å². The number of aromatic nitrogens is 2. The van der Waals surface area contributed by atoms with Crippen molar-refractivity contribution < 1.29 is 9.13 Å². The Bertz CT molecular complexity index is 672. The van der Waals surface area contributed by atoms with E-state index < -0.39 is 0 Å².